The normalized spacial score (nSPS) is 21.5. The van der Waals surface area contributed by atoms with E-state index in [0.29, 0.717) is 52.7 Å². The van der Waals surface area contributed by atoms with Gasteiger partial charge in [-0.2, -0.15) is 4.98 Å². The topological polar surface area (TPSA) is 93.6 Å². The van der Waals surface area contributed by atoms with Crippen molar-refractivity contribution < 1.29 is 14.4 Å². The number of halogens is 1. The van der Waals surface area contributed by atoms with Gasteiger partial charge in [0.05, 0.1) is 24.3 Å². The molecule has 29 heavy (non-hydrogen) atoms. The summed E-state index contributed by atoms with van der Waals surface area (Å²) in [6.07, 6.45) is 3.51. The van der Waals surface area contributed by atoms with E-state index in [2.05, 4.69) is 10.2 Å². The number of rotatable bonds is 5. The molecule has 5 rings (SSSR count). The fourth-order valence-corrected chi connectivity index (χ4v) is 5.92. The number of aliphatic hydroxyl groups is 1. The third-order valence-corrected chi connectivity index (χ3v) is 8.06. The molecule has 3 aliphatic rings. The molecule has 1 saturated carbocycles. The lowest BCUT2D eigenvalue weighted by Gasteiger charge is -2.41. The van der Waals surface area contributed by atoms with Gasteiger partial charge in [-0.3, -0.25) is 0 Å². The van der Waals surface area contributed by atoms with Crippen molar-refractivity contribution >= 4 is 34.5 Å². The minimum Gasteiger partial charge on any atom is -0.611 e. The lowest BCUT2D eigenvalue weighted by molar-refractivity contribution is 0.143. The first-order valence-corrected chi connectivity index (χ1v) is 11.5. The number of methoxy groups -OCH3 is 1. The molecule has 9 heteroatoms. The van der Waals surface area contributed by atoms with Crippen molar-refractivity contribution in [2.75, 3.05) is 29.7 Å². The van der Waals surface area contributed by atoms with Gasteiger partial charge in [-0.1, -0.05) is 17.7 Å². The minimum absolute atomic E-state index is 0.0400. The van der Waals surface area contributed by atoms with Crippen molar-refractivity contribution in [2.45, 2.75) is 49.2 Å². The van der Waals surface area contributed by atoms with Crippen LogP contribution in [0.15, 0.2) is 17.0 Å². The van der Waals surface area contributed by atoms with E-state index in [-0.39, 0.29) is 12.1 Å². The summed E-state index contributed by atoms with van der Waals surface area (Å²) in [6, 6.07) is 3.91. The van der Waals surface area contributed by atoms with Crippen LogP contribution in [0.2, 0.25) is 5.02 Å². The highest BCUT2D eigenvalue weighted by Crippen LogP contribution is 2.41. The van der Waals surface area contributed by atoms with Gasteiger partial charge in [0.1, 0.15) is 17.2 Å². The van der Waals surface area contributed by atoms with Crippen LogP contribution in [0.1, 0.15) is 36.1 Å². The molecule has 1 aromatic carbocycles. The molecule has 3 heterocycles. The van der Waals surface area contributed by atoms with Gasteiger partial charge < -0.3 is 24.6 Å². The average Bonchev–Trinajstić information content (AvgIpc) is 3.29. The number of nitrogens with one attached hydrogen (secondary N) is 1. The molecule has 154 valence electrons. The monoisotopic (exact) mass is 434 g/mol. The molecular weight excluding hydrogens is 412 g/mol. The molecule has 2 N–H and O–H groups in total. The summed E-state index contributed by atoms with van der Waals surface area (Å²) in [5, 5.41) is 13.9. The van der Waals surface area contributed by atoms with Crippen LogP contribution in [0.4, 0.5) is 11.8 Å². The summed E-state index contributed by atoms with van der Waals surface area (Å²) in [7, 11) is 1.61. The summed E-state index contributed by atoms with van der Waals surface area (Å²) < 4.78 is 17.9. The van der Waals surface area contributed by atoms with Gasteiger partial charge in [-0.15, -0.1) is 0 Å². The maximum Gasteiger partial charge on any atom is 0.228 e. The highest BCUT2D eigenvalue weighted by molar-refractivity contribution is 7.91. The number of nitrogens with zero attached hydrogens (tertiary/aromatic N) is 3. The fraction of sp³-hybridized carbons (Fsp3) is 0.500. The predicted molar refractivity (Wildman–Crippen MR) is 112 cm³/mol. The van der Waals surface area contributed by atoms with E-state index >= 15 is 0 Å². The van der Waals surface area contributed by atoms with E-state index in [1.54, 1.807) is 7.11 Å². The maximum absolute atomic E-state index is 12.6. The van der Waals surface area contributed by atoms with Crippen LogP contribution < -0.4 is 15.0 Å². The van der Waals surface area contributed by atoms with Gasteiger partial charge in [-0.05, 0) is 47.6 Å². The summed E-state index contributed by atoms with van der Waals surface area (Å²) in [4.78, 5) is 12.3. The molecule has 2 aromatic rings. The second-order valence-electron chi connectivity index (χ2n) is 7.94. The van der Waals surface area contributed by atoms with Crippen molar-refractivity contribution in [1.82, 2.24) is 9.97 Å². The molecule has 1 aromatic heterocycles. The molecule has 0 amide bonds. The smallest absolute Gasteiger partial charge is 0.228 e. The lowest BCUT2D eigenvalue weighted by atomic mass is 9.77. The first-order chi connectivity index (χ1) is 14.0. The number of benzene rings is 1. The van der Waals surface area contributed by atoms with E-state index in [1.165, 1.54) is 0 Å². The highest BCUT2D eigenvalue weighted by atomic mass is 35.5. The molecule has 0 radical (unpaired) electrons. The van der Waals surface area contributed by atoms with Crippen LogP contribution in [0.25, 0.3) is 0 Å². The van der Waals surface area contributed by atoms with Gasteiger partial charge in [0.25, 0.3) is 0 Å². The van der Waals surface area contributed by atoms with Gasteiger partial charge in [0, 0.05) is 19.5 Å². The number of aromatic nitrogens is 2. The predicted octanol–water partition coefficient (Wildman–Crippen LogP) is 2.65. The molecule has 1 atom stereocenters. The van der Waals surface area contributed by atoms with Gasteiger partial charge in [-0.25, -0.2) is 4.98 Å². The molecule has 2 aliphatic heterocycles. The Bertz CT molecular complexity index is 964. The summed E-state index contributed by atoms with van der Waals surface area (Å²) in [5.41, 5.74) is 2.63. The molecule has 0 unspecified atom stereocenters. The summed E-state index contributed by atoms with van der Waals surface area (Å²) in [5.74, 6) is 2.44. The number of hydrogen-bond acceptors (Lipinski definition) is 7. The number of anilines is 2. The number of ether oxygens (including phenoxy) is 1. The number of hydrogen-bond donors (Lipinski definition) is 2. The standard InChI is InChI=1S/C20H23ClN4O3S/c1-28-15-4-3-12-9-25(10-13(12)16(15)21)19-22-14-5-8-29(27)17(14)18(23-19)24-20(11-26)6-2-7-20/h3-4,26H,2,5-11H2,1H3,(H,22,23,24)/t29-/m1/s1. The highest BCUT2D eigenvalue weighted by Gasteiger charge is 2.41. The maximum atomic E-state index is 12.6. The molecule has 1 fully saturated rings. The largest absolute Gasteiger partial charge is 0.611 e. The Morgan fingerprint density at radius 2 is 2.17 bits per heavy atom. The van der Waals surface area contributed by atoms with Crippen LogP contribution in [-0.2, 0) is 30.7 Å². The van der Waals surface area contributed by atoms with Crippen LogP contribution in [-0.4, -0.2) is 44.6 Å². The minimum atomic E-state index is -1.11. The zero-order valence-electron chi connectivity index (χ0n) is 16.2. The molecule has 1 aliphatic carbocycles. The number of aryl methyl sites for hydroxylation is 1. The number of aliphatic hydroxyl groups excluding tert-OH is 1. The van der Waals surface area contributed by atoms with Crippen molar-refractivity contribution in [2.24, 2.45) is 0 Å². The Labute approximate surface area is 177 Å². The van der Waals surface area contributed by atoms with Crippen LogP contribution in [0.3, 0.4) is 0 Å². The molecular formula is C20H23ClN4O3S. The first kappa shape index (κ1) is 19.2. The lowest BCUT2D eigenvalue weighted by Crippen LogP contribution is -2.48. The van der Waals surface area contributed by atoms with Crippen molar-refractivity contribution in [3.8, 4) is 5.75 Å². The Hall–Kier alpha value is -1.74. The summed E-state index contributed by atoms with van der Waals surface area (Å²) in [6.45, 7) is 1.29. The average molecular weight is 435 g/mol. The van der Waals surface area contributed by atoms with Crippen LogP contribution in [0.5, 0.6) is 5.75 Å². The quantitative estimate of drug-likeness (QED) is 0.698. The Morgan fingerprint density at radius 1 is 1.34 bits per heavy atom. The third-order valence-electron chi connectivity index (χ3n) is 6.19. The number of fused-ring (bicyclic) bond motifs is 2. The molecule has 7 nitrogen and oxygen atoms in total. The van der Waals surface area contributed by atoms with Gasteiger partial charge in [0.15, 0.2) is 5.82 Å². The van der Waals surface area contributed by atoms with Gasteiger partial charge >= 0.3 is 0 Å². The van der Waals surface area contributed by atoms with E-state index in [9.17, 15) is 9.66 Å². The third kappa shape index (κ3) is 3.13. The van der Waals surface area contributed by atoms with E-state index in [4.69, 9.17) is 26.3 Å². The zero-order valence-corrected chi connectivity index (χ0v) is 17.8. The fourth-order valence-electron chi connectivity index (χ4n) is 4.30. The Kier molecular flexibility index (Phi) is 4.77. The van der Waals surface area contributed by atoms with Crippen molar-refractivity contribution in [3.63, 3.8) is 0 Å². The van der Waals surface area contributed by atoms with Crippen molar-refractivity contribution in [1.29, 1.82) is 0 Å². The summed E-state index contributed by atoms with van der Waals surface area (Å²) >= 11 is 5.40. The molecule has 0 bridgehead atoms. The molecule has 0 saturated heterocycles. The Morgan fingerprint density at radius 3 is 2.86 bits per heavy atom. The van der Waals surface area contributed by atoms with E-state index in [0.717, 1.165) is 36.1 Å². The van der Waals surface area contributed by atoms with Gasteiger partial charge in [0.2, 0.25) is 10.8 Å². The van der Waals surface area contributed by atoms with E-state index in [1.807, 2.05) is 12.1 Å². The van der Waals surface area contributed by atoms with E-state index < -0.39 is 11.2 Å². The van der Waals surface area contributed by atoms with Crippen LogP contribution in [0, 0.1) is 0 Å². The second kappa shape index (κ2) is 7.19. The SMILES string of the molecule is COc1ccc2c(c1Cl)CN(c1nc3c(c(NC4(CO)CCC4)n1)[S@+]([O-])CC3)C2. The first-order valence-electron chi connectivity index (χ1n) is 9.81. The van der Waals surface area contributed by atoms with Crippen LogP contribution >= 0.6 is 11.6 Å². The Balaban J connectivity index is 1.50. The molecule has 0 spiro atoms. The second-order valence-corrected chi connectivity index (χ2v) is 9.83. The van der Waals surface area contributed by atoms with Crippen molar-refractivity contribution in [3.05, 3.63) is 34.0 Å². The zero-order chi connectivity index (χ0) is 20.2.